The molecule has 0 saturated heterocycles. The molecule has 21 heavy (non-hydrogen) atoms. The predicted octanol–water partition coefficient (Wildman–Crippen LogP) is 3.21. The third-order valence-electron chi connectivity index (χ3n) is 4.25. The molecule has 118 valence electrons. The normalized spacial score (nSPS) is 22.5. The van der Waals surface area contributed by atoms with Gasteiger partial charge < -0.3 is 9.84 Å². The molecule has 5 nitrogen and oxygen atoms in total. The maximum Gasteiger partial charge on any atom is 0.226 e. The summed E-state index contributed by atoms with van der Waals surface area (Å²) < 4.78 is 5.18. The standard InChI is InChI=1S/C16H27N3O2/c1-11(2)16-18-15(21-19-16)10-6-9-14(20)17-13-8-5-4-7-12(13)3/h11-13H,4-10H2,1-3H3,(H,17,20)/t12-,13+/m1/s1. The van der Waals surface area contributed by atoms with Gasteiger partial charge in [0.05, 0.1) is 0 Å². The van der Waals surface area contributed by atoms with Crippen molar-refractivity contribution in [3.05, 3.63) is 11.7 Å². The molecule has 1 fully saturated rings. The van der Waals surface area contributed by atoms with Crippen LogP contribution >= 0.6 is 0 Å². The summed E-state index contributed by atoms with van der Waals surface area (Å²) in [5, 5.41) is 7.10. The van der Waals surface area contributed by atoms with Gasteiger partial charge in [0.25, 0.3) is 0 Å². The fourth-order valence-corrected chi connectivity index (χ4v) is 2.81. The Morgan fingerprint density at radius 2 is 2.14 bits per heavy atom. The maximum absolute atomic E-state index is 12.0. The van der Waals surface area contributed by atoms with Crippen LogP contribution in [0.5, 0.6) is 0 Å². The zero-order chi connectivity index (χ0) is 15.2. The second-order valence-corrected chi connectivity index (χ2v) is 6.49. The van der Waals surface area contributed by atoms with Crippen LogP contribution in [0.4, 0.5) is 0 Å². The van der Waals surface area contributed by atoms with E-state index < -0.39 is 0 Å². The first-order valence-corrected chi connectivity index (χ1v) is 8.18. The van der Waals surface area contributed by atoms with Crippen LogP contribution < -0.4 is 5.32 Å². The van der Waals surface area contributed by atoms with Crippen LogP contribution in [0, 0.1) is 5.92 Å². The highest BCUT2D eigenvalue weighted by Crippen LogP contribution is 2.23. The molecule has 0 bridgehead atoms. The number of amides is 1. The van der Waals surface area contributed by atoms with E-state index in [1.54, 1.807) is 0 Å². The smallest absolute Gasteiger partial charge is 0.226 e. The summed E-state index contributed by atoms with van der Waals surface area (Å²) in [5.74, 6) is 2.41. The first kappa shape index (κ1) is 16.0. The van der Waals surface area contributed by atoms with E-state index in [0.717, 1.165) is 18.7 Å². The lowest BCUT2D eigenvalue weighted by molar-refractivity contribution is -0.122. The number of aromatic nitrogens is 2. The van der Waals surface area contributed by atoms with Crippen LogP contribution in [-0.2, 0) is 11.2 Å². The number of hydrogen-bond acceptors (Lipinski definition) is 4. The Hall–Kier alpha value is -1.39. The van der Waals surface area contributed by atoms with Gasteiger partial charge in [0, 0.05) is 24.8 Å². The van der Waals surface area contributed by atoms with Crippen LogP contribution in [0.1, 0.15) is 76.9 Å². The van der Waals surface area contributed by atoms with E-state index >= 15 is 0 Å². The Labute approximate surface area is 126 Å². The summed E-state index contributed by atoms with van der Waals surface area (Å²) in [5.41, 5.74) is 0. The Balaban J connectivity index is 1.68. The van der Waals surface area contributed by atoms with E-state index in [2.05, 4.69) is 22.4 Å². The van der Waals surface area contributed by atoms with Gasteiger partial charge in [-0.1, -0.05) is 38.8 Å². The van der Waals surface area contributed by atoms with Crippen molar-refractivity contribution in [1.29, 1.82) is 0 Å². The molecule has 2 atom stereocenters. The average molecular weight is 293 g/mol. The first-order valence-electron chi connectivity index (χ1n) is 8.18. The number of hydrogen-bond donors (Lipinski definition) is 1. The van der Waals surface area contributed by atoms with Crippen LogP contribution in [0.2, 0.25) is 0 Å². The highest BCUT2D eigenvalue weighted by molar-refractivity contribution is 5.76. The quantitative estimate of drug-likeness (QED) is 0.874. The number of nitrogens with zero attached hydrogens (tertiary/aromatic N) is 2. The van der Waals surface area contributed by atoms with Gasteiger partial charge in [0.1, 0.15) is 0 Å². The van der Waals surface area contributed by atoms with Crippen LogP contribution in [0.3, 0.4) is 0 Å². The average Bonchev–Trinajstić information content (AvgIpc) is 2.90. The lowest BCUT2D eigenvalue weighted by Gasteiger charge is -2.29. The summed E-state index contributed by atoms with van der Waals surface area (Å²) in [7, 11) is 0. The van der Waals surface area contributed by atoms with Crippen molar-refractivity contribution in [3.8, 4) is 0 Å². The number of nitrogens with one attached hydrogen (secondary N) is 1. The fraction of sp³-hybridized carbons (Fsp3) is 0.812. The number of carbonyl (C=O) groups is 1. The van der Waals surface area contributed by atoms with Gasteiger partial charge in [-0.25, -0.2) is 0 Å². The van der Waals surface area contributed by atoms with Gasteiger partial charge in [-0.05, 0) is 25.2 Å². The topological polar surface area (TPSA) is 68.0 Å². The summed E-state index contributed by atoms with van der Waals surface area (Å²) in [6.07, 6.45) is 6.83. The molecule has 1 amide bonds. The Morgan fingerprint density at radius 1 is 1.38 bits per heavy atom. The zero-order valence-electron chi connectivity index (χ0n) is 13.4. The fourth-order valence-electron chi connectivity index (χ4n) is 2.81. The molecule has 1 aliphatic carbocycles. The van der Waals surface area contributed by atoms with Crippen molar-refractivity contribution in [2.24, 2.45) is 5.92 Å². The SMILES string of the molecule is CC(C)c1noc(CCCC(=O)N[C@H]2CCCC[C@H]2C)n1. The van der Waals surface area contributed by atoms with E-state index in [1.165, 1.54) is 19.3 Å². The minimum Gasteiger partial charge on any atom is -0.353 e. The van der Waals surface area contributed by atoms with Crippen molar-refractivity contribution >= 4 is 5.91 Å². The van der Waals surface area contributed by atoms with Crippen LogP contribution in [0.25, 0.3) is 0 Å². The molecule has 5 heteroatoms. The van der Waals surface area contributed by atoms with Gasteiger partial charge >= 0.3 is 0 Å². The monoisotopic (exact) mass is 293 g/mol. The van der Waals surface area contributed by atoms with Gasteiger partial charge in [0.2, 0.25) is 11.8 Å². The molecule has 0 unspecified atom stereocenters. The third kappa shape index (κ3) is 4.83. The molecule has 0 spiro atoms. The first-order chi connectivity index (χ1) is 10.1. The van der Waals surface area contributed by atoms with Gasteiger partial charge in [0.15, 0.2) is 5.82 Å². The van der Waals surface area contributed by atoms with Gasteiger partial charge in [-0.2, -0.15) is 4.98 Å². The molecule has 1 saturated carbocycles. The highest BCUT2D eigenvalue weighted by atomic mass is 16.5. The lowest BCUT2D eigenvalue weighted by atomic mass is 9.86. The van der Waals surface area contributed by atoms with Crippen molar-refractivity contribution in [3.63, 3.8) is 0 Å². The van der Waals surface area contributed by atoms with Crippen molar-refractivity contribution < 1.29 is 9.32 Å². The van der Waals surface area contributed by atoms with Crippen LogP contribution in [-0.4, -0.2) is 22.1 Å². The van der Waals surface area contributed by atoms with Crippen LogP contribution in [0.15, 0.2) is 4.52 Å². The summed E-state index contributed by atoms with van der Waals surface area (Å²) in [6, 6.07) is 0.363. The molecule has 1 heterocycles. The minimum atomic E-state index is 0.150. The van der Waals surface area contributed by atoms with Gasteiger partial charge in [-0.3, -0.25) is 4.79 Å². The van der Waals surface area contributed by atoms with E-state index in [1.807, 2.05) is 13.8 Å². The maximum atomic E-state index is 12.0. The second kappa shape index (κ2) is 7.57. The molecule has 1 aliphatic rings. The molecule has 2 rings (SSSR count). The highest BCUT2D eigenvalue weighted by Gasteiger charge is 2.22. The largest absolute Gasteiger partial charge is 0.353 e. The molecule has 0 aliphatic heterocycles. The number of aryl methyl sites for hydroxylation is 1. The van der Waals surface area contributed by atoms with E-state index in [9.17, 15) is 4.79 Å². The van der Waals surface area contributed by atoms with E-state index in [4.69, 9.17) is 4.52 Å². The summed E-state index contributed by atoms with van der Waals surface area (Å²) >= 11 is 0. The number of rotatable bonds is 6. The molecule has 1 N–H and O–H groups in total. The molecule has 1 aromatic rings. The molecule has 0 aromatic carbocycles. The van der Waals surface area contributed by atoms with E-state index in [-0.39, 0.29) is 11.8 Å². The van der Waals surface area contributed by atoms with Crippen molar-refractivity contribution in [1.82, 2.24) is 15.5 Å². The lowest BCUT2D eigenvalue weighted by Crippen LogP contribution is -2.40. The Kier molecular flexibility index (Phi) is 5.76. The predicted molar refractivity (Wildman–Crippen MR) is 80.9 cm³/mol. The van der Waals surface area contributed by atoms with Crippen molar-refractivity contribution in [2.75, 3.05) is 0 Å². The molecular formula is C16H27N3O2. The second-order valence-electron chi connectivity index (χ2n) is 6.49. The summed E-state index contributed by atoms with van der Waals surface area (Å²) in [6.45, 7) is 6.30. The summed E-state index contributed by atoms with van der Waals surface area (Å²) in [4.78, 5) is 16.3. The van der Waals surface area contributed by atoms with E-state index in [0.29, 0.717) is 30.7 Å². The Morgan fingerprint density at radius 3 is 2.81 bits per heavy atom. The van der Waals surface area contributed by atoms with Crippen molar-refractivity contribution in [2.45, 2.75) is 77.7 Å². The molecular weight excluding hydrogens is 266 g/mol. The Bertz CT molecular complexity index is 456. The van der Waals surface area contributed by atoms with Gasteiger partial charge in [-0.15, -0.1) is 0 Å². The minimum absolute atomic E-state index is 0.150. The number of carbonyl (C=O) groups excluding carboxylic acids is 1. The third-order valence-corrected chi connectivity index (χ3v) is 4.25. The molecule has 0 radical (unpaired) electrons. The zero-order valence-corrected chi connectivity index (χ0v) is 13.4. The molecule has 1 aromatic heterocycles.